The lowest BCUT2D eigenvalue weighted by Gasteiger charge is -2.38. The Morgan fingerprint density at radius 1 is 1.44 bits per heavy atom. The highest BCUT2D eigenvalue weighted by Gasteiger charge is 2.34. The third kappa shape index (κ3) is 2.45. The fraction of sp³-hybridized carbons (Fsp3) is 0.571. The zero-order valence-electron chi connectivity index (χ0n) is 10.2. The Kier molecular flexibility index (Phi) is 3.31. The Balaban J connectivity index is 2.12. The van der Waals surface area contributed by atoms with Crippen LogP contribution in [-0.4, -0.2) is 23.8 Å². The van der Waals surface area contributed by atoms with Crippen LogP contribution in [0.3, 0.4) is 0 Å². The van der Waals surface area contributed by atoms with Crippen molar-refractivity contribution in [3.05, 3.63) is 35.4 Å². The van der Waals surface area contributed by atoms with Gasteiger partial charge in [-0.05, 0) is 50.3 Å². The molecule has 0 saturated carbocycles. The van der Waals surface area contributed by atoms with Gasteiger partial charge >= 0.3 is 0 Å². The zero-order valence-corrected chi connectivity index (χ0v) is 10.2. The van der Waals surface area contributed by atoms with Crippen molar-refractivity contribution < 1.29 is 5.11 Å². The van der Waals surface area contributed by atoms with Crippen LogP contribution in [0.25, 0.3) is 0 Å². The van der Waals surface area contributed by atoms with Crippen LogP contribution in [0, 0.1) is 12.8 Å². The second-order valence-corrected chi connectivity index (χ2v) is 5.15. The molecule has 0 aliphatic carbocycles. The number of rotatable bonds is 2. The number of nitrogens with one attached hydrogen (secondary N) is 1. The van der Waals surface area contributed by atoms with E-state index in [-0.39, 0.29) is 0 Å². The van der Waals surface area contributed by atoms with Crippen LogP contribution in [0.1, 0.15) is 24.5 Å². The second-order valence-electron chi connectivity index (χ2n) is 5.15. The molecule has 1 fully saturated rings. The Hall–Kier alpha value is -0.860. The van der Waals surface area contributed by atoms with Crippen molar-refractivity contribution in [3.8, 4) is 0 Å². The predicted octanol–water partition coefficient (Wildman–Crippen LogP) is 1.90. The van der Waals surface area contributed by atoms with E-state index in [0.717, 1.165) is 19.4 Å². The Labute approximate surface area is 97.7 Å². The fourth-order valence-electron chi connectivity index (χ4n) is 2.50. The van der Waals surface area contributed by atoms with E-state index in [1.165, 1.54) is 11.1 Å². The van der Waals surface area contributed by atoms with Crippen LogP contribution in [0.5, 0.6) is 0 Å². The first-order valence-corrected chi connectivity index (χ1v) is 6.07. The lowest BCUT2D eigenvalue weighted by atomic mass is 9.79. The molecule has 2 atom stereocenters. The molecule has 0 amide bonds. The molecule has 0 radical (unpaired) electrons. The summed E-state index contributed by atoms with van der Waals surface area (Å²) in [7, 11) is 0. The molecule has 16 heavy (non-hydrogen) atoms. The molecule has 1 heterocycles. The minimum atomic E-state index is -0.569. The number of aryl methyl sites for hydroxylation is 1. The van der Waals surface area contributed by atoms with Gasteiger partial charge in [0.1, 0.15) is 0 Å². The summed E-state index contributed by atoms with van der Waals surface area (Å²) < 4.78 is 0. The molecular weight excluding hydrogens is 198 g/mol. The van der Waals surface area contributed by atoms with Gasteiger partial charge in [-0.25, -0.2) is 0 Å². The summed E-state index contributed by atoms with van der Waals surface area (Å²) in [6, 6.07) is 8.47. The van der Waals surface area contributed by atoms with E-state index in [0.29, 0.717) is 12.5 Å². The van der Waals surface area contributed by atoms with Crippen LogP contribution in [-0.2, 0) is 6.42 Å². The smallest absolute Gasteiger partial charge is 0.0775 e. The highest BCUT2D eigenvalue weighted by atomic mass is 16.3. The number of aliphatic hydroxyl groups is 1. The van der Waals surface area contributed by atoms with Gasteiger partial charge in [-0.3, -0.25) is 0 Å². The van der Waals surface area contributed by atoms with Gasteiger partial charge in [-0.2, -0.15) is 0 Å². The number of β-amino-alcohol motifs (C(OH)–C–C–N with tert-alkyl or cyclic N) is 1. The fourth-order valence-corrected chi connectivity index (χ4v) is 2.50. The molecule has 1 aliphatic heterocycles. The molecule has 1 aromatic carbocycles. The van der Waals surface area contributed by atoms with E-state index in [9.17, 15) is 5.11 Å². The molecule has 2 N–H and O–H groups in total. The highest BCUT2D eigenvalue weighted by Crippen LogP contribution is 2.27. The number of hydrogen-bond acceptors (Lipinski definition) is 2. The Bertz CT molecular complexity index is 360. The van der Waals surface area contributed by atoms with E-state index in [2.05, 4.69) is 36.5 Å². The maximum atomic E-state index is 10.3. The predicted molar refractivity (Wildman–Crippen MR) is 66.5 cm³/mol. The van der Waals surface area contributed by atoms with Crippen molar-refractivity contribution in [2.75, 3.05) is 13.1 Å². The molecule has 1 aliphatic rings. The normalized spacial score (nSPS) is 30.3. The maximum Gasteiger partial charge on any atom is 0.0775 e. The largest absolute Gasteiger partial charge is 0.389 e. The van der Waals surface area contributed by atoms with Gasteiger partial charge in [0.25, 0.3) is 0 Å². The summed E-state index contributed by atoms with van der Waals surface area (Å²) in [6.07, 6.45) is 2.04. The topological polar surface area (TPSA) is 32.3 Å². The van der Waals surface area contributed by atoms with Gasteiger partial charge < -0.3 is 10.4 Å². The van der Waals surface area contributed by atoms with E-state index >= 15 is 0 Å². The molecule has 2 unspecified atom stereocenters. The molecule has 1 saturated heterocycles. The molecule has 2 heteroatoms. The third-order valence-corrected chi connectivity index (χ3v) is 3.76. The van der Waals surface area contributed by atoms with Crippen LogP contribution in [0.4, 0.5) is 0 Å². The molecule has 0 spiro atoms. The summed E-state index contributed by atoms with van der Waals surface area (Å²) in [6.45, 7) is 5.82. The first-order valence-electron chi connectivity index (χ1n) is 6.07. The van der Waals surface area contributed by atoms with Crippen molar-refractivity contribution in [1.82, 2.24) is 5.32 Å². The average molecular weight is 219 g/mol. The van der Waals surface area contributed by atoms with Gasteiger partial charge in [-0.15, -0.1) is 0 Å². The first-order chi connectivity index (χ1) is 7.59. The van der Waals surface area contributed by atoms with Crippen molar-refractivity contribution >= 4 is 0 Å². The molecule has 2 nitrogen and oxygen atoms in total. The number of piperidine rings is 1. The first kappa shape index (κ1) is 11.6. The maximum absolute atomic E-state index is 10.3. The molecule has 2 rings (SSSR count). The van der Waals surface area contributed by atoms with Crippen LogP contribution in [0.2, 0.25) is 0 Å². The number of benzene rings is 1. The van der Waals surface area contributed by atoms with Gasteiger partial charge in [0.15, 0.2) is 0 Å². The van der Waals surface area contributed by atoms with Crippen LogP contribution in [0.15, 0.2) is 24.3 Å². The SMILES string of the molecule is Cc1ccccc1CC1CCNCC1(C)O. The third-order valence-electron chi connectivity index (χ3n) is 3.76. The van der Waals surface area contributed by atoms with Crippen LogP contribution >= 0.6 is 0 Å². The highest BCUT2D eigenvalue weighted by molar-refractivity contribution is 5.26. The van der Waals surface area contributed by atoms with Gasteiger partial charge in [0.05, 0.1) is 5.60 Å². The summed E-state index contributed by atoms with van der Waals surface area (Å²) >= 11 is 0. The van der Waals surface area contributed by atoms with E-state index in [1.807, 2.05) is 6.92 Å². The standard InChI is InChI=1S/C14H21NO/c1-11-5-3-4-6-12(11)9-13-7-8-15-10-14(13,2)16/h3-6,13,15-16H,7-10H2,1-2H3. The van der Waals surface area contributed by atoms with E-state index in [1.54, 1.807) is 0 Å². The van der Waals surface area contributed by atoms with E-state index < -0.39 is 5.60 Å². The van der Waals surface area contributed by atoms with Gasteiger partial charge in [0, 0.05) is 6.54 Å². The van der Waals surface area contributed by atoms with Crippen molar-refractivity contribution in [2.24, 2.45) is 5.92 Å². The zero-order chi connectivity index (χ0) is 11.6. The quantitative estimate of drug-likeness (QED) is 0.796. The van der Waals surface area contributed by atoms with Crippen molar-refractivity contribution in [2.45, 2.75) is 32.3 Å². The minimum absolute atomic E-state index is 0.370. The lowest BCUT2D eigenvalue weighted by molar-refractivity contribution is -0.0192. The summed E-state index contributed by atoms with van der Waals surface area (Å²) in [5.74, 6) is 0.370. The molecule has 88 valence electrons. The van der Waals surface area contributed by atoms with Gasteiger partial charge in [0.2, 0.25) is 0 Å². The lowest BCUT2D eigenvalue weighted by Crippen LogP contribution is -2.50. The molecular formula is C14H21NO. The van der Waals surface area contributed by atoms with E-state index in [4.69, 9.17) is 0 Å². The number of hydrogen-bond donors (Lipinski definition) is 2. The van der Waals surface area contributed by atoms with Gasteiger partial charge in [-0.1, -0.05) is 24.3 Å². The summed E-state index contributed by atoms with van der Waals surface area (Å²) in [4.78, 5) is 0. The monoisotopic (exact) mass is 219 g/mol. The van der Waals surface area contributed by atoms with Crippen molar-refractivity contribution in [3.63, 3.8) is 0 Å². The van der Waals surface area contributed by atoms with Crippen molar-refractivity contribution in [1.29, 1.82) is 0 Å². The molecule has 0 bridgehead atoms. The van der Waals surface area contributed by atoms with Crippen LogP contribution < -0.4 is 5.32 Å². The summed E-state index contributed by atoms with van der Waals surface area (Å²) in [5.41, 5.74) is 2.13. The Morgan fingerprint density at radius 3 is 2.88 bits per heavy atom. The average Bonchev–Trinajstić information content (AvgIpc) is 2.24. The molecule has 1 aromatic rings. The minimum Gasteiger partial charge on any atom is -0.389 e. The Morgan fingerprint density at radius 2 is 2.19 bits per heavy atom. The summed E-state index contributed by atoms with van der Waals surface area (Å²) in [5, 5.41) is 13.6. The second kappa shape index (κ2) is 4.56. The molecule has 0 aromatic heterocycles.